The predicted octanol–water partition coefficient (Wildman–Crippen LogP) is -0.185. The number of nitrogens with zero attached hydrogens (tertiary/aromatic N) is 1. The second-order valence-electron chi connectivity index (χ2n) is 3.76. The van der Waals surface area contributed by atoms with Crippen LogP contribution < -0.4 is 16.4 Å². The third-order valence-corrected chi connectivity index (χ3v) is 2.53. The summed E-state index contributed by atoms with van der Waals surface area (Å²) >= 11 is 5.93. The highest BCUT2D eigenvalue weighted by molar-refractivity contribution is 6.33. The Balaban J connectivity index is 3.11. The van der Waals surface area contributed by atoms with E-state index in [1.165, 1.54) is 23.1 Å². The molecule has 1 aromatic rings. The first-order valence-electron chi connectivity index (χ1n) is 5.15. The van der Waals surface area contributed by atoms with Gasteiger partial charge in [0.25, 0.3) is 0 Å². The van der Waals surface area contributed by atoms with Crippen molar-refractivity contribution in [3.63, 3.8) is 0 Å². The predicted molar refractivity (Wildman–Crippen MR) is 69.0 cm³/mol. The first-order valence-corrected chi connectivity index (χ1v) is 5.53. The third kappa shape index (κ3) is 4.14. The minimum Gasteiger partial charge on any atom is -0.478 e. The molecule has 5 N–H and O–H groups in total. The van der Waals surface area contributed by atoms with E-state index in [4.69, 9.17) is 28.2 Å². The SMILES string of the molecule is NC(=O)CN(CC(N)=O)c1ccc(C(=O)O)cc1Cl. The summed E-state index contributed by atoms with van der Waals surface area (Å²) in [6.45, 7) is -0.510. The maximum atomic E-state index is 10.9. The Bertz CT molecular complexity index is 517. The number of primary amides is 2. The average molecular weight is 286 g/mol. The number of aromatic carboxylic acids is 1. The van der Waals surface area contributed by atoms with Gasteiger partial charge in [-0.3, -0.25) is 9.59 Å². The zero-order valence-electron chi connectivity index (χ0n) is 9.80. The molecule has 0 saturated carbocycles. The van der Waals surface area contributed by atoms with E-state index in [2.05, 4.69) is 0 Å². The molecule has 8 heteroatoms. The van der Waals surface area contributed by atoms with Crippen molar-refractivity contribution in [1.29, 1.82) is 0 Å². The zero-order chi connectivity index (χ0) is 14.6. The van der Waals surface area contributed by atoms with Gasteiger partial charge in [0.1, 0.15) is 0 Å². The fourth-order valence-electron chi connectivity index (χ4n) is 1.50. The lowest BCUT2D eigenvalue weighted by atomic mass is 10.2. The van der Waals surface area contributed by atoms with E-state index in [-0.39, 0.29) is 23.7 Å². The van der Waals surface area contributed by atoms with Crippen LogP contribution in [-0.4, -0.2) is 36.0 Å². The van der Waals surface area contributed by atoms with Gasteiger partial charge in [-0.2, -0.15) is 0 Å². The Morgan fingerprint density at radius 2 is 1.68 bits per heavy atom. The van der Waals surface area contributed by atoms with Crippen LogP contribution in [0.3, 0.4) is 0 Å². The minimum atomic E-state index is -1.13. The van der Waals surface area contributed by atoms with Gasteiger partial charge in [-0.25, -0.2) is 4.79 Å². The highest BCUT2D eigenvalue weighted by atomic mass is 35.5. The van der Waals surface area contributed by atoms with Gasteiger partial charge in [0.15, 0.2) is 0 Å². The number of hydrogen-bond acceptors (Lipinski definition) is 4. The number of hydrogen-bond donors (Lipinski definition) is 3. The van der Waals surface area contributed by atoms with Crippen molar-refractivity contribution in [2.45, 2.75) is 0 Å². The fourth-order valence-corrected chi connectivity index (χ4v) is 1.80. The van der Waals surface area contributed by atoms with Gasteiger partial charge < -0.3 is 21.5 Å². The molecule has 19 heavy (non-hydrogen) atoms. The second-order valence-corrected chi connectivity index (χ2v) is 4.17. The average Bonchev–Trinajstić information content (AvgIpc) is 2.26. The van der Waals surface area contributed by atoms with Crippen molar-refractivity contribution in [3.8, 4) is 0 Å². The van der Waals surface area contributed by atoms with Gasteiger partial charge in [-0.05, 0) is 18.2 Å². The second kappa shape index (κ2) is 6.05. The molecule has 0 atom stereocenters. The van der Waals surface area contributed by atoms with E-state index in [0.29, 0.717) is 5.69 Å². The third-order valence-electron chi connectivity index (χ3n) is 2.23. The van der Waals surface area contributed by atoms with Crippen molar-refractivity contribution in [3.05, 3.63) is 28.8 Å². The van der Waals surface area contributed by atoms with E-state index in [9.17, 15) is 14.4 Å². The molecule has 0 unspecified atom stereocenters. The number of halogens is 1. The number of carboxylic acid groups (broad SMARTS) is 1. The van der Waals surface area contributed by atoms with Crippen molar-refractivity contribution in [1.82, 2.24) is 0 Å². The molecule has 0 aliphatic heterocycles. The molecule has 102 valence electrons. The summed E-state index contributed by atoms with van der Waals surface area (Å²) in [4.78, 5) is 33.9. The van der Waals surface area contributed by atoms with Gasteiger partial charge in [0, 0.05) is 0 Å². The van der Waals surface area contributed by atoms with Gasteiger partial charge in [-0.1, -0.05) is 11.6 Å². The Morgan fingerprint density at radius 3 is 2.05 bits per heavy atom. The molecular weight excluding hydrogens is 274 g/mol. The quantitative estimate of drug-likeness (QED) is 0.668. The summed E-state index contributed by atoms with van der Waals surface area (Å²) in [7, 11) is 0. The number of carboxylic acids is 1. The van der Waals surface area contributed by atoms with Crippen LogP contribution in [0, 0.1) is 0 Å². The first-order chi connectivity index (χ1) is 8.81. The van der Waals surface area contributed by atoms with Crippen LogP contribution in [0.5, 0.6) is 0 Å². The van der Waals surface area contributed by atoms with Crippen molar-refractivity contribution < 1.29 is 19.5 Å². The van der Waals surface area contributed by atoms with Gasteiger partial charge in [0.2, 0.25) is 11.8 Å². The summed E-state index contributed by atoms with van der Waals surface area (Å²) in [6.07, 6.45) is 0. The van der Waals surface area contributed by atoms with Crippen molar-refractivity contribution in [2.24, 2.45) is 11.5 Å². The van der Waals surface area contributed by atoms with Gasteiger partial charge in [-0.15, -0.1) is 0 Å². The summed E-state index contributed by atoms with van der Waals surface area (Å²) in [6, 6.07) is 3.91. The standard InChI is InChI=1S/C11H12ClN3O4/c12-7-3-6(11(18)19)1-2-8(7)15(4-9(13)16)5-10(14)17/h1-3H,4-5H2,(H2,13,16)(H2,14,17)(H,18,19). The van der Waals surface area contributed by atoms with E-state index in [1.807, 2.05) is 0 Å². The molecule has 0 bridgehead atoms. The van der Waals surface area contributed by atoms with Crippen LogP contribution in [0.4, 0.5) is 5.69 Å². The van der Waals surface area contributed by atoms with E-state index >= 15 is 0 Å². The van der Waals surface area contributed by atoms with Gasteiger partial charge >= 0.3 is 5.97 Å². The minimum absolute atomic E-state index is 0.00755. The Morgan fingerprint density at radius 1 is 1.16 bits per heavy atom. The summed E-state index contributed by atoms with van der Waals surface area (Å²) in [5, 5.41) is 8.89. The lowest BCUT2D eigenvalue weighted by Gasteiger charge is -2.22. The Kier molecular flexibility index (Phi) is 4.71. The number of carbonyl (C=O) groups is 3. The number of carbonyl (C=O) groups excluding carboxylic acids is 2. The fraction of sp³-hybridized carbons (Fsp3) is 0.182. The summed E-state index contributed by atoms with van der Waals surface area (Å²) < 4.78 is 0. The molecule has 7 nitrogen and oxygen atoms in total. The van der Waals surface area contributed by atoms with E-state index in [1.54, 1.807) is 0 Å². The number of nitrogens with two attached hydrogens (primary N) is 2. The molecule has 0 heterocycles. The number of amides is 2. The molecular formula is C11H12ClN3O4. The van der Waals surface area contributed by atoms with Crippen LogP contribution in [0.2, 0.25) is 5.02 Å². The normalized spacial score (nSPS) is 9.95. The summed E-state index contributed by atoms with van der Waals surface area (Å²) in [5.74, 6) is -2.47. The number of benzene rings is 1. The van der Waals surface area contributed by atoms with E-state index in [0.717, 1.165) is 0 Å². The molecule has 0 aliphatic carbocycles. The van der Waals surface area contributed by atoms with Gasteiger partial charge in [0.05, 0.1) is 29.4 Å². The van der Waals surface area contributed by atoms with Crippen LogP contribution in [0.15, 0.2) is 18.2 Å². The van der Waals surface area contributed by atoms with Crippen LogP contribution in [0.1, 0.15) is 10.4 Å². The topological polar surface area (TPSA) is 127 Å². The summed E-state index contributed by atoms with van der Waals surface area (Å²) in [5.41, 5.74) is 10.4. The molecule has 0 spiro atoms. The van der Waals surface area contributed by atoms with Crippen LogP contribution in [-0.2, 0) is 9.59 Å². The molecule has 0 aliphatic rings. The van der Waals surface area contributed by atoms with Crippen LogP contribution in [0.25, 0.3) is 0 Å². The van der Waals surface area contributed by atoms with Crippen LogP contribution >= 0.6 is 11.6 Å². The highest BCUT2D eigenvalue weighted by Gasteiger charge is 2.16. The molecule has 0 saturated heterocycles. The smallest absolute Gasteiger partial charge is 0.335 e. The lowest BCUT2D eigenvalue weighted by molar-refractivity contribution is -0.117. The lowest BCUT2D eigenvalue weighted by Crippen LogP contribution is -2.39. The van der Waals surface area contributed by atoms with E-state index < -0.39 is 17.8 Å². The highest BCUT2D eigenvalue weighted by Crippen LogP contribution is 2.26. The molecule has 2 amide bonds. The molecule has 0 aromatic heterocycles. The number of anilines is 1. The molecule has 0 fully saturated rings. The maximum absolute atomic E-state index is 10.9. The largest absolute Gasteiger partial charge is 0.478 e. The Hall–Kier alpha value is -2.28. The maximum Gasteiger partial charge on any atom is 0.335 e. The zero-order valence-corrected chi connectivity index (χ0v) is 10.6. The van der Waals surface area contributed by atoms with Crippen molar-refractivity contribution >= 4 is 35.1 Å². The first kappa shape index (κ1) is 14.8. The number of rotatable bonds is 6. The Labute approximate surface area is 113 Å². The molecule has 0 radical (unpaired) electrons. The monoisotopic (exact) mass is 285 g/mol. The molecule has 1 aromatic carbocycles. The van der Waals surface area contributed by atoms with Crippen molar-refractivity contribution in [2.75, 3.05) is 18.0 Å². The molecule has 1 rings (SSSR count).